The fraction of sp³-hybridized carbons (Fsp3) is 0.176. The third-order valence-corrected chi connectivity index (χ3v) is 3.73. The summed E-state index contributed by atoms with van der Waals surface area (Å²) < 4.78 is 13.1. The second-order valence-corrected chi connectivity index (χ2v) is 5.17. The van der Waals surface area contributed by atoms with Gasteiger partial charge in [-0.15, -0.1) is 0 Å². The molecule has 0 spiro atoms. The minimum Gasteiger partial charge on any atom is -0.303 e. The highest BCUT2D eigenvalue weighted by Gasteiger charge is 2.24. The number of nitrogens with two attached hydrogens (primary N) is 1. The van der Waals surface area contributed by atoms with Gasteiger partial charge in [0.1, 0.15) is 5.82 Å². The van der Waals surface area contributed by atoms with E-state index in [0.717, 1.165) is 22.3 Å². The van der Waals surface area contributed by atoms with Crippen molar-refractivity contribution in [3.63, 3.8) is 0 Å². The zero-order chi connectivity index (χ0) is 15.0. The van der Waals surface area contributed by atoms with Crippen LogP contribution in [0.15, 0.2) is 47.5 Å². The van der Waals surface area contributed by atoms with Gasteiger partial charge in [-0.1, -0.05) is 18.2 Å². The summed E-state index contributed by atoms with van der Waals surface area (Å²) in [6.07, 6.45) is -0.603. The number of carbonyl (C=O) groups excluding carboxylic acids is 1. The van der Waals surface area contributed by atoms with Gasteiger partial charge in [0, 0.05) is 17.5 Å². The Balaban J connectivity index is 2.22. The molecule has 1 atom stereocenters. The van der Waals surface area contributed by atoms with E-state index < -0.39 is 6.17 Å². The maximum absolute atomic E-state index is 13.1. The summed E-state index contributed by atoms with van der Waals surface area (Å²) in [7, 11) is 0. The van der Waals surface area contributed by atoms with Crippen LogP contribution in [0.25, 0.3) is 0 Å². The third-order valence-electron chi connectivity index (χ3n) is 3.73. The molecule has 0 fully saturated rings. The first kappa shape index (κ1) is 13.6. The largest absolute Gasteiger partial charge is 0.303 e. The van der Waals surface area contributed by atoms with E-state index in [1.807, 2.05) is 25.1 Å². The van der Waals surface area contributed by atoms with Crippen LogP contribution < -0.4 is 5.73 Å². The Morgan fingerprint density at radius 1 is 1.19 bits per heavy atom. The molecule has 21 heavy (non-hydrogen) atoms. The van der Waals surface area contributed by atoms with Gasteiger partial charge in [0.15, 0.2) is 11.9 Å². The Labute approximate surface area is 122 Å². The van der Waals surface area contributed by atoms with E-state index in [1.54, 1.807) is 12.1 Å². The SMILES string of the molecule is Cc1cccc2c1CC(=O)C(N)N=C2c1ccc(F)cc1. The van der Waals surface area contributed by atoms with E-state index >= 15 is 0 Å². The first-order chi connectivity index (χ1) is 10.1. The van der Waals surface area contributed by atoms with Crippen molar-refractivity contribution in [1.29, 1.82) is 0 Å². The molecule has 0 radical (unpaired) electrons. The van der Waals surface area contributed by atoms with Crippen molar-refractivity contribution in [1.82, 2.24) is 0 Å². The summed E-state index contributed by atoms with van der Waals surface area (Å²) in [5.74, 6) is -0.416. The lowest BCUT2D eigenvalue weighted by Crippen LogP contribution is -2.29. The standard InChI is InChI=1S/C17H15FN2O/c1-10-3-2-4-13-14(10)9-15(21)17(19)20-16(13)11-5-7-12(18)8-6-11/h2-8,17H,9,19H2,1H3. The second kappa shape index (κ2) is 5.22. The molecule has 0 amide bonds. The van der Waals surface area contributed by atoms with Gasteiger partial charge in [0.25, 0.3) is 0 Å². The van der Waals surface area contributed by atoms with Gasteiger partial charge in [0.2, 0.25) is 0 Å². The van der Waals surface area contributed by atoms with E-state index in [1.165, 1.54) is 12.1 Å². The molecule has 2 aromatic rings. The van der Waals surface area contributed by atoms with Crippen molar-refractivity contribution in [3.05, 3.63) is 70.5 Å². The highest BCUT2D eigenvalue weighted by Crippen LogP contribution is 2.23. The minimum atomic E-state index is -0.878. The average molecular weight is 282 g/mol. The van der Waals surface area contributed by atoms with Gasteiger partial charge in [-0.2, -0.15) is 0 Å². The van der Waals surface area contributed by atoms with Crippen LogP contribution in [0.2, 0.25) is 0 Å². The molecule has 1 heterocycles. The number of aryl methyl sites for hydroxylation is 1. The first-order valence-electron chi connectivity index (χ1n) is 6.77. The first-order valence-corrected chi connectivity index (χ1v) is 6.77. The topological polar surface area (TPSA) is 55.5 Å². The lowest BCUT2D eigenvalue weighted by molar-refractivity contribution is -0.119. The van der Waals surface area contributed by atoms with Crippen LogP contribution in [0.1, 0.15) is 22.3 Å². The highest BCUT2D eigenvalue weighted by atomic mass is 19.1. The van der Waals surface area contributed by atoms with Crippen LogP contribution in [0, 0.1) is 12.7 Å². The predicted octanol–water partition coefficient (Wildman–Crippen LogP) is 2.38. The third kappa shape index (κ3) is 2.50. The Bertz CT molecular complexity index is 735. The molecule has 0 bridgehead atoms. The van der Waals surface area contributed by atoms with E-state index in [0.29, 0.717) is 5.71 Å². The fourth-order valence-corrected chi connectivity index (χ4v) is 2.56. The van der Waals surface area contributed by atoms with E-state index in [4.69, 9.17) is 5.73 Å². The molecule has 106 valence electrons. The molecule has 0 aromatic heterocycles. The Hall–Kier alpha value is -2.33. The van der Waals surface area contributed by atoms with Gasteiger partial charge in [-0.05, 0) is 42.3 Å². The molecular formula is C17H15FN2O. The average Bonchev–Trinajstić information content (AvgIpc) is 2.59. The summed E-state index contributed by atoms with van der Waals surface area (Å²) in [5.41, 5.74) is 10.1. The maximum Gasteiger partial charge on any atom is 0.175 e. The Morgan fingerprint density at radius 3 is 2.62 bits per heavy atom. The normalized spacial score (nSPS) is 18.0. The number of nitrogens with zero attached hydrogens (tertiary/aromatic N) is 1. The number of Topliss-reactive ketones (excluding diaryl/α,β-unsaturated/α-hetero) is 1. The zero-order valence-corrected chi connectivity index (χ0v) is 11.6. The fourth-order valence-electron chi connectivity index (χ4n) is 2.56. The van der Waals surface area contributed by atoms with Crippen LogP contribution in [0.5, 0.6) is 0 Å². The summed E-state index contributed by atoms with van der Waals surface area (Å²) in [5, 5.41) is 0. The molecule has 0 saturated carbocycles. The van der Waals surface area contributed by atoms with Crippen molar-refractivity contribution in [2.24, 2.45) is 10.7 Å². The van der Waals surface area contributed by atoms with Gasteiger partial charge in [0.05, 0.1) is 5.71 Å². The smallest absolute Gasteiger partial charge is 0.175 e. The summed E-state index contributed by atoms with van der Waals surface area (Å²) >= 11 is 0. The molecular weight excluding hydrogens is 267 g/mol. The number of hydrogen-bond donors (Lipinski definition) is 1. The van der Waals surface area contributed by atoms with Crippen molar-refractivity contribution in [2.45, 2.75) is 19.5 Å². The number of fused-ring (bicyclic) bond motifs is 1. The molecule has 2 aromatic carbocycles. The van der Waals surface area contributed by atoms with E-state index in [2.05, 4.69) is 4.99 Å². The van der Waals surface area contributed by atoms with Crippen LogP contribution >= 0.6 is 0 Å². The van der Waals surface area contributed by atoms with Crippen LogP contribution in [0.3, 0.4) is 0 Å². The highest BCUT2D eigenvalue weighted by molar-refractivity contribution is 6.16. The van der Waals surface area contributed by atoms with E-state index in [9.17, 15) is 9.18 Å². The van der Waals surface area contributed by atoms with Crippen molar-refractivity contribution < 1.29 is 9.18 Å². The van der Waals surface area contributed by atoms with Crippen LogP contribution in [0.4, 0.5) is 4.39 Å². The molecule has 0 saturated heterocycles. The summed E-state index contributed by atoms with van der Waals surface area (Å²) in [6, 6.07) is 11.9. The van der Waals surface area contributed by atoms with Gasteiger partial charge in [-0.25, -0.2) is 4.39 Å². The number of halogens is 1. The molecule has 2 N–H and O–H groups in total. The Kier molecular flexibility index (Phi) is 3.39. The summed E-state index contributed by atoms with van der Waals surface area (Å²) in [4.78, 5) is 16.4. The predicted molar refractivity (Wildman–Crippen MR) is 79.9 cm³/mol. The van der Waals surface area contributed by atoms with Crippen LogP contribution in [-0.2, 0) is 11.2 Å². The van der Waals surface area contributed by atoms with Gasteiger partial charge < -0.3 is 5.73 Å². The number of aliphatic imine (C=N–C) groups is 1. The molecule has 1 aliphatic rings. The molecule has 3 rings (SSSR count). The minimum absolute atomic E-state index is 0.109. The quantitative estimate of drug-likeness (QED) is 0.873. The number of hydrogen-bond acceptors (Lipinski definition) is 3. The lowest BCUT2D eigenvalue weighted by Gasteiger charge is -2.11. The second-order valence-electron chi connectivity index (χ2n) is 5.17. The van der Waals surface area contributed by atoms with Crippen LogP contribution in [-0.4, -0.2) is 17.7 Å². The summed E-state index contributed by atoms with van der Waals surface area (Å²) in [6.45, 7) is 1.96. The molecule has 4 heteroatoms. The van der Waals surface area contributed by atoms with Gasteiger partial charge >= 0.3 is 0 Å². The molecule has 0 aliphatic carbocycles. The number of benzene rings is 2. The maximum atomic E-state index is 13.1. The molecule has 3 nitrogen and oxygen atoms in total. The van der Waals surface area contributed by atoms with Crippen molar-refractivity contribution in [2.75, 3.05) is 0 Å². The zero-order valence-electron chi connectivity index (χ0n) is 11.6. The van der Waals surface area contributed by atoms with E-state index in [-0.39, 0.29) is 18.0 Å². The number of carbonyl (C=O) groups is 1. The van der Waals surface area contributed by atoms with Crippen molar-refractivity contribution in [3.8, 4) is 0 Å². The van der Waals surface area contributed by atoms with Crippen molar-refractivity contribution >= 4 is 11.5 Å². The number of ketones is 1. The van der Waals surface area contributed by atoms with Gasteiger partial charge in [-0.3, -0.25) is 9.79 Å². The lowest BCUT2D eigenvalue weighted by atomic mass is 9.92. The Morgan fingerprint density at radius 2 is 1.90 bits per heavy atom. The monoisotopic (exact) mass is 282 g/mol. The molecule has 1 aliphatic heterocycles. The molecule has 1 unspecified atom stereocenters. The number of rotatable bonds is 1.